The number of ether oxygens (including phenoxy) is 1. The summed E-state index contributed by atoms with van der Waals surface area (Å²) in [5.41, 5.74) is -0.00253. The third-order valence-corrected chi connectivity index (χ3v) is 3.96. The SMILES string of the molecule is C[C@@H](CCNC(=O)[C@H]1CCOC1)c1cccc(C(F)(F)F)c1. The third-order valence-electron chi connectivity index (χ3n) is 3.96. The van der Waals surface area contributed by atoms with Crippen LogP contribution in [0.4, 0.5) is 13.2 Å². The number of halogens is 3. The maximum Gasteiger partial charge on any atom is 0.416 e. The molecule has 2 rings (SSSR count). The second-order valence-corrected chi connectivity index (χ2v) is 5.66. The van der Waals surface area contributed by atoms with E-state index in [2.05, 4.69) is 5.32 Å². The summed E-state index contributed by atoms with van der Waals surface area (Å²) in [5, 5.41) is 2.83. The van der Waals surface area contributed by atoms with E-state index >= 15 is 0 Å². The molecule has 6 heteroatoms. The normalized spacial score (nSPS) is 19.9. The van der Waals surface area contributed by atoms with Crippen LogP contribution in [-0.2, 0) is 15.7 Å². The minimum atomic E-state index is -4.33. The van der Waals surface area contributed by atoms with Crippen LogP contribution < -0.4 is 5.32 Å². The number of hydrogen-bond donors (Lipinski definition) is 1. The molecule has 1 aromatic rings. The first-order valence-electron chi connectivity index (χ1n) is 7.40. The molecule has 0 spiro atoms. The molecule has 2 atom stereocenters. The van der Waals surface area contributed by atoms with Gasteiger partial charge in [-0.15, -0.1) is 0 Å². The van der Waals surface area contributed by atoms with Gasteiger partial charge in [-0.05, 0) is 30.4 Å². The molecule has 122 valence electrons. The van der Waals surface area contributed by atoms with Gasteiger partial charge in [0.25, 0.3) is 0 Å². The minimum Gasteiger partial charge on any atom is -0.381 e. The number of carbonyl (C=O) groups is 1. The van der Waals surface area contributed by atoms with E-state index in [1.807, 2.05) is 6.92 Å². The zero-order valence-corrected chi connectivity index (χ0v) is 12.5. The molecule has 1 aliphatic rings. The number of benzene rings is 1. The van der Waals surface area contributed by atoms with Crippen molar-refractivity contribution in [2.45, 2.75) is 31.9 Å². The minimum absolute atomic E-state index is 0.0336. The molecule has 1 amide bonds. The molecule has 3 nitrogen and oxygen atoms in total. The highest BCUT2D eigenvalue weighted by atomic mass is 19.4. The number of carbonyl (C=O) groups excluding carboxylic acids is 1. The molecule has 1 heterocycles. The third kappa shape index (κ3) is 4.47. The van der Waals surface area contributed by atoms with Crippen LogP contribution in [0.3, 0.4) is 0 Å². The number of amides is 1. The van der Waals surface area contributed by atoms with E-state index in [0.717, 1.165) is 12.5 Å². The Morgan fingerprint density at radius 3 is 2.86 bits per heavy atom. The van der Waals surface area contributed by atoms with E-state index in [4.69, 9.17) is 4.74 Å². The van der Waals surface area contributed by atoms with Crippen LogP contribution in [-0.4, -0.2) is 25.7 Å². The predicted molar refractivity (Wildman–Crippen MR) is 76.4 cm³/mol. The number of nitrogens with one attached hydrogen (secondary N) is 1. The summed E-state index contributed by atoms with van der Waals surface area (Å²) in [6.07, 6.45) is -3.00. The molecule has 0 aromatic heterocycles. The van der Waals surface area contributed by atoms with Gasteiger partial charge in [0, 0.05) is 13.2 Å². The molecule has 1 fully saturated rings. The molecule has 1 saturated heterocycles. The summed E-state index contributed by atoms with van der Waals surface area (Å²) in [6.45, 7) is 3.38. The Kier molecular flexibility index (Phi) is 5.45. The first-order valence-corrected chi connectivity index (χ1v) is 7.40. The molecule has 22 heavy (non-hydrogen) atoms. The summed E-state index contributed by atoms with van der Waals surface area (Å²) >= 11 is 0. The Morgan fingerprint density at radius 1 is 1.45 bits per heavy atom. The second kappa shape index (κ2) is 7.13. The standard InChI is InChI=1S/C16H20F3NO2/c1-11(5-7-20-15(21)13-6-8-22-10-13)12-3-2-4-14(9-12)16(17,18)19/h2-4,9,11,13H,5-8,10H2,1H3,(H,20,21)/t11-,13-/m0/s1. The van der Waals surface area contributed by atoms with Crippen LogP contribution in [0.2, 0.25) is 0 Å². The maximum atomic E-state index is 12.7. The van der Waals surface area contributed by atoms with E-state index in [9.17, 15) is 18.0 Å². The quantitative estimate of drug-likeness (QED) is 0.905. The van der Waals surface area contributed by atoms with Crippen LogP contribution in [0.1, 0.15) is 36.8 Å². The van der Waals surface area contributed by atoms with E-state index in [0.29, 0.717) is 31.7 Å². The molecule has 0 bridgehead atoms. The van der Waals surface area contributed by atoms with E-state index in [1.165, 1.54) is 12.1 Å². The van der Waals surface area contributed by atoms with Gasteiger partial charge in [-0.2, -0.15) is 13.2 Å². The van der Waals surface area contributed by atoms with Crippen LogP contribution >= 0.6 is 0 Å². The second-order valence-electron chi connectivity index (χ2n) is 5.66. The fraction of sp³-hybridized carbons (Fsp3) is 0.562. The van der Waals surface area contributed by atoms with Crippen molar-refractivity contribution >= 4 is 5.91 Å². The van der Waals surface area contributed by atoms with Gasteiger partial charge >= 0.3 is 6.18 Å². The monoisotopic (exact) mass is 315 g/mol. The van der Waals surface area contributed by atoms with Gasteiger partial charge in [0.1, 0.15) is 0 Å². The van der Waals surface area contributed by atoms with Crippen molar-refractivity contribution in [1.29, 1.82) is 0 Å². The van der Waals surface area contributed by atoms with Crippen LogP contribution in [0.5, 0.6) is 0 Å². The maximum absolute atomic E-state index is 12.7. The van der Waals surface area contributed by atoms with Gasteiger partial charge < -0.3 is 10.1 Å². The number of hydrogen-bond acceptors (Lipinski definition) is 2. The summed E-state index contributed by atoms with van der Waals surface area (Å²) in [7, 11) is 0. The lowest BCUT2D eigenvalue weighted by atomic mass is 9.96. The number of alkyl halides is 3. The van der Waals surface area contributed by atoms with Crippen molar-refractivity contribution in [2.75, 3.05) is 19.8 Å². The highest BCUT2D eigenvalue weighted by Gasteiger charge is 2.30. The van der Waals surface area contributed by atoms with Gasteiger partial charge in [-0.25, -0.2) is 0 Å². The smallest absolute Gasteiger partial charge is 0.381 e. The van der Waals surface area contributed by atoms with Crippen molar-refractivity contribution in [2.24, 2.45) is 5.92 Å². The summed E-state index contributed by atoms with van der Waals surface area (Å²) in [4.78, 5) is 11.8. The fourth-order valence-electron chi connectivity index (χ4n) is 2.49. The average Bonchev–Trinajstić information content (AvgIpc) is 3.00. The van der Waals surface area contributed by atoms with Crippen molar-refractivity contribution in [1.82, 2.24) is 5.32 Å². The van der Waals surface area contributed by atoms with Gasteiger partial charge in [0.05, 0.1) is 18.1 Å². The largest absolute Gasteiger partial charge is 0.416 e. The molecule has 1 aromatic carbocycles. The highest BCUT2D eigenvalue weighted by Crippen LogP contribution is 2.31. The first kappa shape index (κ1) is 16.8. The Labute approximate surface area is 127 Å². The van der Waals surface area contributed by atoms with Crippen LogP contribution in [0.25, 0.3) is 0 Å². The van der Waals surface area contributed by atoms with Gasteiger partial charge in [0.2, 0.25) is 5.91 Å². The lowest BCUT2D eigenvalue weighted by Gasteiger charge is -2.15. The zero-order chi connectivity index (χ0) is 16.2. The fourth-order valence-corrected chi connectivity index (χ4v) is 2.49. The van der Waals surface area contributed by atoms with Gasteiger partial charge in [-0.3, -0.25) is 4.79 Å². The molecule has 0 radical (unpaired) electrons. The molecule has 1 aliphatic heterocycles. The van der Waals surface area contributed by atoms with Gasteiger partial charge in [0.15, 0.2) is 0 Å². The zero-order valence-electron chi connectivity index (χ0n) is 12.5. The first-order chi connectivity index (χ1) is 10.4. The Balaban J connectivity index is 1.84. The molecule has 1 N–H and O–H groups in total. The molecular formula is C16H20F3NO2. The molecular weight excluding hydrogens is 295 g/mol. The van der Waals surface area contributed by atoms with Crippen molar-refractivity contribution < 1.29 is 22.7 Å². The lowest BCUT2D eigenvalue weighted by molar-refractivity contribution is -0.137. The highest BCUT2D eigenvalue weighted by molar-refractivity contribution is 5.78. The molecule has 0 saturated carbocycles. The summed E-state index contributed by atoms with van der Waals surface area (Å²) < 4.78 is 43.2. The van der Waals surface area contributed by atoms with E-state index < -0.39 is 11.7 Å². The predicted octanol–water partition coefficient (Wildman–Crippen LogP) is 3.35. The Hall–Kier alpha value is -1.56. The van der Waals surface area contributed by atoms with Crippen LogP contribution in [0.15, 0.2) is 24.3 Å². The van der Waals surface area contributed by atoms with Crippen molar-refractivity contribution in [3.8, 4) is 0 Å². The number of rotatable bonds is 5. The Bertz CT molecular complexity index is 510. The lowest BCUT2D eigenvalue weighted by Crippen LogP contribution is -2.32. The van der Waals surface area contributed by atoms with Crippen molar-refractivity contribution in [3.05, 3.63) is 35.4 Å². The summed E-state index contributed by atoms with van der Waals surface area (Å²) in [5.74, 6) is -0.181. The molecule has 0 unspecified atom stereocenters. The van der Waals surface area contributed by atoms with Gasteiger partial charge in [-0.1, -0.05) is 25.1 Å². The average molecular weight is 315 g/mol. The van der Waals surface area contributed by atoms with E-state index in [1.54, 1.807) is 6.07 Å². The van der Waals surface area contributed by atoms with Crippen molar-refractivity contribution in [3.63, 3.8) is 0 Å². The summed E-state index contributed by atoms with van der Waals surface area (Å²) in [6, 6.07) is 5.35. The molecule has 0 aliphatic carbocycles. The van der Waals surface area contributed by atoms with Crippen LogP contribution in [0, 0.1) is 5.92 Å². The topological polar surface area (TPSA) is 38.3 Å². The Morgan fingerprint density at radius 2 is 2.23 bits per heavy atom. The van der Waals surface area contributed by atoms with E-state index in [-0.39, 0.29) is 17.7 Å².